The summed E-state index contributed by atoms with van der Waals surface area (Å²) in [5.41, 5.74) is 2.32. The van der Waals surface area contributed by atoms with E-state index in [1.165, 1.54) is 0 Å². The smallest absolute Gasteiger partial charge is 0.269 e. The zero-order valence-corrected chi connectivity index (χ0v) is 11.8. The number of hydrogen-bond donors (Lipinski definition) is 2. The number of aromatic nitrogens is 2. The summed E-state index contributed by atoms with van der Waals surface area (Å²) < 4.78 is 0. The van der Waals surface area contributed by atoms with Gasteiger partial charge in [0.15, 0.2) is 0 Å². The molecule has 0 aliphatic carbocycles. The number of anilines is 1. The van der Waals surface area contributed by atoms with Crippen LogP contribution < -0.4 is 10.6 Å². The second-order valence-corrected chi connectivity index (χ2v) is 5.11. The van der Waals surface area contributed by atoms with E-state index < -0.39 is 0 Å². The Hall–Kier alpha value is -1.95. The lowest BCUT2D eigenvalue weighted by molar-refractivity contribution is 0.0949. The van der Waals surface area contributed by atoms with Gasteiger partial charge in [-0.3, -0.25) is 4.79 Å². The topological polar surface area (TPSA) is 66.9 Å². The summed E-state index contributed by atoms with van der Waals surface area (Å²) in [5, 5.41) is 8.86. The Morgan fingerprint density at radius 2 is 2.26 bits per heavy atom. The van der Waals surface area contributed by atoms with Gasteiger partial charge in [0.2, 0.25) is 0 Å². The van der Waals surface area contributed by atoms with Crippen LogP contribution in [-0.4, -0.2) is 29.5 Å². The summed E-state index contributed by atoms with van der Waals surface area (Å²) in [4.78, 5) is 20.3. The molecule has 0 spiro atoms. The quantitative estimate of drug-likeness (QED) is 0.874. The molecule has 0 bridgehead atoms. The van der Waals surface area contributed by atoms with Gasteiger partial charge >= 0.3 is 0 Å². The Kier molecular flexibility index (Phi) is 4.46. The maximum absolute atomic E-state index is 11.8. The first kappa shape index (κ1) is 13.5. The minimum Gasteiger partial charge on any atom is -0.387 e. The fraction of sp³-hybridized carbons (Fsp3) is 0.308. The van der Waals surface area contributed by atoms with Crippen molar-refractivity contribution in [2.75, 3.05) is 18.9 Å². The predicted molar refractivity (Wildman–Crippen MR) is 76.7 cm³/mol. The van der Waals surface area contributed by atoms with Crippen LogP contribution in [0, 0.1) is 6.92 Å². The molecule has 5 nitrogen and oxygen atoms in total. The number of pyridine rings is 1. The molecular formula is C13H16N4OS. The monoisotopic (exact) mass is 276 g/mol. The van der Waals surface area contributed by atoms with Gasteiger partial charge in [-0.2, -0.15) is 0 Å². The van der Waals surface area contributed by atoms with Crippen molar-refractivity contribution in [2.45, 2.75) is 13.3 Å². The SMILES string of the molecule is CNc1ccc(C(=O)NCCc2csc(C)n2)nc1. The molecule has 100 valence electrons. The molecular weight excluding hydrogens is 260 g/mol. The molecule has 1 amide bonds. The van der Waals surface area contributed by atoms with Crippen molar-refractivity contribution < 1.29 is 4.79 Å². The number of nitrogens with zero attached hydrogens (tertiary/aromatic N) is 2. The number of rotatable bonds is 5. The van der Waals surface area contributed by atoms with E-state index in [1.54, 1.807) is 23.6 Å². The van der Waals surface area contributed by atoms with Gasteiger partial charge in [-0.05, 0) is 19.1 Å². The van der Waals surface area contributed by atoms with Gasteiger partial charge in [0.1, 0.15) is 5.69 Å². The third-order valence-corrected chi connectivity index (χ3v) is 3.44. The standard InChI is InChI=1S/C13H16N4OS/c1-9-17-11(8-19-9)5-6-15-13(18)12-4-3-10(14-2)7-16-12/h3-4,7-8,14H,5-6H2,1-2H3,(H,15,18). The highest BCUT2D eigenvalue weighted by atomic mass is 32.1. The third kappa shape index (κ3) is 3.75. The van der Waals surface area contributed by atoms with Crippen LogP contribution in [-0.2, 0) is 6.42 Å². The van der Waals surface area contributed by atoms with Gasteiger partial charge in [-0.25, -0.2) is 9.97 Å². The largest absolute Gasteiger partial charge is 0.387 e. The molecule has 2 N–H and O–H groups in total. The molecule has 2 aromatic heterocycles. The highest BCUT2D eigenvalue weighted by molar-refractivity contribution is 7.09. The number of aryl methyl sites for hydroxylation is 1. The van der Waals surface area contributed by atoms with E-state index >= 15 is 0 Å². The molecule has 0 saturated carbocycles. The van der Waals surface area contributed by atoms with Gasteiger partial charge in [0.05, 0.1) is 22.6 Å². The molecule has 0 aromatic carbocycles. The number of carbonyl (C=O) groups excluding carboxylic acids is 1. The number of nitrogens with one attached hydrogen (secondary N) is 2. The number of thiazole rings is 1. The predicted octanol–water partition coefficient (Wildman–Crippen LogP) is 1.86. The van der Waals surface area contributed by atoms with Crippen molar-refractivity contribution in [3.05, 3.63) is 40.1 Å². The number of hydrogen-bond acceptors (Lipinski definition) is 5. The van der Waals surface area contributed by atoms with E-state index in [2.05, 4.69) is 20.6 Å². The maximum atomic E-state index is 11.8. The van der Waals surface area contributed by atoms with Gasteiger partial charge in [-0.1, -0.05) is 0 Å². The van der Waals surface area contributed by atoms with Crippen LogP contribution in [0.5, 0.6) is 0 Å². The molecule has 6 heteroatoms. The Labute approximate surface area is 116 Å². The first-order valence-corrected chi connectivity index (χ1v) is 6.90. The van der Waals surface area contributed by atoms with Crippen LogP contribution in [0.15, 0.2) is 23.7 Å². The minimum atomic E-state index is -0.158. The van der Waals surface area contributed by atoms with Crippen LogP contribution in [0.4, 0.5) is 5.69 Å². The van der Waals surface area contributed by atoms with Crippen LogP contribution in [0.2, 0.25) is 0 Å². The van der Waals surface area contributed by atoms with Crippen molar-refractivity contribution in [1.29, 1.82) is 0 Å². The number of amides is 1. The van der Waals surface area contributed by atoms with E-state index in [1.807, 2.05) is 25.4 Å². The highest BCUT2D eigenvalue weighted by Crippen LogP contribution is 2.08. The molecule has 0 aliphatic heterocycles. The van der Waals surface area contributed by atoms with Crippen LogP contribution in [0.1, 0.15) is 21.2 Å². The summed E-state index contributed by atoms with van der Waals surface area (Å²) in [6.45, 7) is 2.54. The van der Waals surface area contributed by atoms with Crippen molar-refractivity contribution in [3.8, 4) is 0 Å². The first-order chi connectivity index (χ1) is 9.19. The van der Waals surface area contributed by atoms with Crippen LogP contribution in [0.25, 0.3) is 0 Å². The summed E-state index contributed by atoms with van der Waals surface area (Å²) >= 11 is 1.62. The molecule has 0 radical (unpaired) electrons. The van der Waals surface area contributed by atoms with E-state index in [-0.39, 0.29) is 5.91 Å². The Bertz CT molecular complexity index is 550. The normalized spacial score (nSPS) is 10.2. The summed E-state index contributed by atoms with van der Waals surface area (Å²) in [6, 6.07) is 3.53. The van der Waals surface area contributed by atoms with Gasteiger partial charge < -0.3 is 10.6 Å². The fourth-order valence-electron chi connectivity index (χ4n) is 1.59. The lowest BCUT2D eigenvalue weighted by Crippen LogP contribution is -2.26. The second-order valence-electron chi connectivity index (χ2n) is 4.05. The average molecular weight is 276 g/mol. The molecule has 19 heavy (non-hydrogen) atoms. The van der Waals surface area contributed by atoms with Crippen LogP contribution in [0.3, 0.4) is 0 Å². The first-order valence-electron chi connectivity index (χ1n) is 6.02. The van der Waals surface area contributed by atoms with Gasteiger partial charge in [0, 0.05) is 25.4 Å². The third-order valence-electron chi connectivity index (χ3n) is 2.62. The zero-order chi connectivity index (χ0) is 13.7. The molecule has 2 aromatic rings. The van der Waals surface area contributed by atoms with Crippen LogP contribution >= 0.6 is 11.3 Å². The molecule has 0 atom stereocenters. The van der Waals surface area contributed by atoms with E-state index in [0.717, 1.165) is 22.8 Å². The molecule has 0 unspecified atom stereocenters. The molecule has 0 fully saturated rings. The second kappa shape index (κ2) is 6.29. The molecule has 0 aliphatic rings. The molecule has 0 saturated heterocycles. The fourth-order valence-corrected chi connectivity index (χ4v) is 2.24. The lowest BCUT2D eigenvalue weighted by atomic mass is 10.3. The Morgan fingerprint density at radius 3 is 2.84 bits per heavy atom. The van der Waals surface area contributed by atoms with E-state index in [9.17, 15) is 4.79 Å². The van der Waals surface area contributed by atoms with Crippen molar-refractivity contribution >= 4 is 22.9 Å². The zero-order valence-electron chi connectivity index (χ0n) is 10.9. The van der Waals surface area contributed by atoms with Crippen molar-refractivity contribution in [1.82, 2.24) is 15.3 Å². The van der Waals surface area contributed by atoms with Gasteiger partial charge in [0.25, 0.3) is 5.91 Å². The summed E-state index contributed by atoms with van der Waals surface area (Å²) in [7, 11) is 1.81. The summed E-state index contributed by atoms with van der Waals surface area (Å²) in [5.74, 6) is -0.158. The Morgan fingerprint density at radius 1 is 1.42 bits per heavy atom. The maximum Gasteiger partial charge on any atom is 0.269 e. The lowest BCUT2D eigenvalue weighted by Gasteiger charge is -2.04. The van der Waals surface area contributed by atoms with Crippen molar-refractivity contribution in [3.63, 3.8) is 0 Å². The van der Waals surface area contributed by atoms with E-state index in [0.29, 0.717) is 12.2 Å². The van der Waals surface area contributed by atoms with E-state index in [4.69, 9.17) is 0 Å². The molecule has 2 heterocycles. The molecule has 2 rings (SSSR count). The summed E-state index contributed by atoms with van der Waals surface area (Å²) in [6.07, 6.45) is 2.38. The van der Waals surface area contributed by atoms with Gasteiger partial charge in [-0.15, -0.1) is 11.3 Å². The highest BCUT2D eigenvalue weighted by Gasteiger charge is 2.06. The number of carbonyl (C=O) groups is 1. The average Bonchev–Trinajstić information content (AvgIpc) is 2.84. The van der Waals surface area contributed by atoms with Crippen molar-refractivity contribution in [2.24, 2.45) is 0 Å². The Balaban J connectivity index is 1.83. The minimum absolute atomic E-state index is 0.158.